The number of rotatable bonds is 5. The molecule has 0 saturated carbocycles. The van der Waals surface area contributed by atoms with E-state index in [1.165, 1.54) is 5.56 Å². The number of carbonyl (C=O) groups is 1. The van der Waals surface area contributed by atoms with Crippen molar-refractivity contribution >= 4 is 11.6 Å². The lowest BCUT2D eigenvalue weighted by molar-refractivity contribution is -0.118. The molecule has 4 heteroatoms. The fourth-order valence-electron chi connectivity index (χ4n) is 3.06. The summed E-state index contributed by atoms with van der Waals surface area (Å²) in [5, 5.41) is 8.22. The summed E-state index contributed by atoms with van der Waals surface area (Å²) in [5.74, 6) is 2.79. The van der Waals surface area contributed by atoms with Gasteiger partial charge in [0, 0.05) is 37.9 Å². The second-order valence-electron chi connectivity index (χ2n) is 6.02. The topological polar surface area (TPSA) is 45.0 Å². The standard InChI is InChI=1S/C18H21N3O/c1-2-3-12-18(19-20-18)13-11-17(22)21-14-7-6-9-15-8-4-5-10-16(15)21/h1,4-5,8,10H,3,6-7,9,11-14H2. The fraction of sp³-hybridized carbons (Fsp3) is 0.500. The first-order valence-corrected chi connectivity index (χ1v) is 8.00. The highest BCUT2D eigenvalue weighted by Gasteiger charge is 2.39. The summed E-state index contributed by atoms with van der Waals surface area (Å²) in [6.45, 7) is 0.807. The van der Waals surface area contributed by atoms with Gasteiger partial charge < -0.3 is 4.90 Å². The Labute approximate surface area is 131 Å². The molecule has 2 aliphatic rings. The van der Waals surface area contributed by atoms with Crippen molar-refractivity contribution in [3.63, 3.8) is 0 Å². The molecule has 2 aliphatic heterocycles. The zero-order valence-electron chi connectivity index (χ0n) is 12.8. The Kier molecular flexibility index (Phi) is 4.24. The minimum absolute atomic E-state index is 0.173. The number of hydrogen-bond donors (Lipinski definition) is 0. The van der Waals surface area contributed by atoms with E-state index in [2.05, 4.69) is 28.3 Å². The summed E-state index contributed by atoms with van der Waals surface area (Å²) in [6, 6.07) is 8.23. The average Bonchev–Trinajstić information content (AvgIpc) is 3.34. The minimum Gasteiger partial charge on any atom is -0.312 e. The third kappa shape index (κ3) is 3.19. The number of carbonyl (C=O) groups excluding carboxylic acids is 1. The molecule has 0 atom stereocenters. The Balaban J connectivity index is 1.64. The van der Waals surface area contributed by atoms with Crippen LogP contribution in [0, 0.1) is 12.3 Å². The first-order chi connectivity index (χ1) is 10.7. The molecule has 0 fully saturated rings. The Morgan fingerprint density at radius 1 is 1.27 bits per heavy atom. The van der Waals surface area contributed by atoms with Gasteiger partial charge in [0.05, 0.1) is 0 Å². The number of aryl methyl sites for hydroxylation is 1. The van der Waals surface area contributed by atoms with Crippen LogP contribution in [-0.2, 0) is 11.2 Å². The van der Waals surface area contributed by atoms with E-state index in [0.717, 1.165) is 37.9 Å². The molecule has 0 unspecified atom stereocenters. The van der Waals surface area contributed by atoms with Crippen LogP contribution in [0.2, 0.25) is 0 Å². The molecule has 22 heavy (non-hydrogen) atoms. The molecule has 0 aromatic heterocycles. The Bertz CT molecular complexity index is 623. The van der Waals surface area contributed by atoms with E-state index in [1.54, 1.807) is 0 Å². The van der Waals surface area contributed by atoms with Gasteiger partial charge in [0.1, 0.15) is 0 Å². The highest BCUT2D eigenvalue weighted by molar-refractivity contribution is 5.94. The maximum atomic E-state index is 12.7. The summed E-state index contributed by atoms with van der Waals surface area (Å²) in [4.78, 5) is 14.6. The van der Waals surface area contributed by atoms with Crippen LogP contribution in [-0.4, -0.2) is 18.1 Å². The summed E-state index contributed by atoms with van der Waals surface area (Å²) >= 11 is 0. The molecule has 0 aliphatic carbocycles. The average molecular weight is 295 g/mol. The normalized spacial score (nSPS) is 18.2. The number of para-hydroxylation sites is 1. The molecule has 3 rings (SSSR count). The van der Waals surface area contributed by atoms with Gasteiger partial charge in [0.2, 0.25) is 5.91 Å². The Hall–Kier alpha value is -2.15. The predicted molar refractivity (Wildman–Crippen MR) is 86.6 cm³/mol. The van der Waals surface area contributed by atoms with Crippen molar-refractivity contribution in [2.45, 2.75) is 50.6 Å². The fourth-order valence-corrected chi connectivity index (χ4v) is 3.06. The summed E-state index contributed by atoms with van der Waals surface area (Å²) < 4.78 is 0. The molecule has 0 radical (unpaired) electrons. The molecule has 1 aromatic carbocycles. The molecule has 0 saturated heterocycles. The molecule has 0 bridgehead atoms. The van der Waals surface area contributed by atoms with E-state index >= 15 is 0 Å². The van der Waals surface area contributed by atoms with Gasteiger partial charge in [-0.05, 0) is 30.9 Å². The van der Waals surface area contributed by atoms with Crippen molar-refractivity contribution in [3.05, 3.63) is 29.8 Å². The quantitative estimate of drug-likeness (QED) is 0.764. The highest BCUT2D eigenvalue weighted by atomic mass is 16.2. The van der Waals surface area contributed by atoms with Gasteiger partial charge in [-0.25, -0.2) is 0 Å². The van der Waals surface area contributed by atoms with Gasteiger partial charge in [0.25, 0.3) is 0 Å². The summed E-state index contributed by atoms with van der Waals surface area (Å²) in [7, 11) is 0. The third-order valence-electron chi connectivity index (χ3n) is 4.45. The van der Waals surface area contributed by atoms with E-state index in [-0.39, 0.29) is 11.6 Å². The molecule has 1 amide bonds. The lowest BCUT2D eigenvalue weighted by atomic mass is 10.0. The van der Waals surface area contributed by atoms with Crippen LogP contribution in [0.3, 0.4) is 0 Å². The van der Waals surface area contributed by atoms with Crippen LogP contribution in [0.1, 0.15) is 44.1 Å². The predicted octanol–water partition coefficient (Wildman–Crippen LogP) is 3.71. The van der Waals surface area contributed by atoms with Crippen LogP contribution in [0.15, 0.2) is 34.5 Å². The number of amides is 1. The van der Waals surface area contributed by atoms with Gasteiger partial charge >= 0.3 is 0 Å². The van der Waals surface area contributed by atoms with Crippen molar-refractivity contribution in [1.82, 2.24) is 0 Å². The number of fused-ring (bicyclic) bond motifs is 1. The number of benzene rings is 1. The third-order valence-corrected chi connectivity index (χ3v) is 4.45. The molecular formula is C18H21N3O. The lowest BCUT2D eigenvalue weighted by Crippen LogP contribution is -2.32. The van der Waals surface area contributed by atoms with Crippen LogP contribution < -0.4 is 4.90 Å². The minimum atomic E-state index is -0.368. The number of hydrogen-bond acceptors (Lipinski definition) is 3. The van der Waals surface area contributed by atoms with Crippen LogP contribution in [0.4, 0.5) is 5.69 Å². The van der Waals surface area contributed by atoms with Crippen LogP contribution in [0.25, 0.3) is 0 Å². The van der Waals surface area contributed by atoms with Gasteiger partial charge in [0.15, 0.2) is 5.66 Å². The van der Waals surface area contributed by atoms with Crippen molar-refractivity contribution in [3.8, 4) is 12.3 Å². The molecule has 114 valence electrons. The van der Waals surface area contributed by atoms with Crippen molar-refractivity contribution in [2.75, 3.05) is 11.4 Å². The number of terminal acetylenes is 1. The first-order valence-electron chi connectivity index (χ1n) is 8.00. The second kappa shape index (κ2) is 6.31. The molecule has 0 spiro atoms. The smallest absolute Gasteiger partial charge is 0.227 e. The Morgan fingerprint density at radius 2 is 2.09 bits per heavy atom. The van der Waals surface area contributed by atoms with E-state index < -0.39 is 0 Å². The summed E-state index contributed by atoms with van der Waals surface area (Å²) in [5.41, 5.74) is 1.98. The highest BCUT2D eigenvalue weighted by Crippen LogP contribution is 2.38. The summed E-state index contributed by atoms with van der Waals surface area (Å²) in [6.07, 6.45) is 11.1. The van der Waals surface area contributed by atoms with E-state index in [9.17, 15) is 4.79 Å². The van der Waals surface area contributed by atoms with Crippen molar-refractivity contribution < 1.29 is 4.79 Å². The molecule has 0 N–H and O–H groups in total. The second-order valence-corrected chi connectivity index (χ2v) is 6.02. The van der Waals surface area contributed by atoms with Crippen LogP contribution >= 0.6 is 0 Å². The zero-order chi connectivity index (χ0) is 15.4. The molecular weight excluding hydrogens is 274 g/mol. The van der Waals surface area contributed by atoms with E-state index in [4.69, 9.17) is 6.42 Å². The number of anilines is 1. The molecule has 2 heterocycles. The number of nitrogens with zero attached hydrogens (tertiary/aromatic N) is 3. The molecule has 4 nitrogen and oxygen atoms in total. The van der Waals surface area contributed by atoms with Gasteiger partial charge in [-0.15, -0.1) is 12.3 Å². The maximum absolute atomic E-state index is 12.7. The van der Waals surface area contributed by atoms with E-state index in [0.29, 0.717) is 19.3 Å². The van der Waals surface area contributed by atoms with Crippen LogP contribution in [0.5, 0.6) is 0 Å². The van der Waals surface area contributed by atoms with Gasteiger partial charge in [-0.2, -0.15) is 10.2 Å². The SMILES string of the molecule is C#CCCC1(CCC(=O)N2CCCCc3ccccc32)N=N1. The maximum Gasteiger partial charge on any atom is 0.227 e. The Morgan fingerprint density at radius 3 is 2.86 bits per heavy atom. The monoisotopic (exact) mass is 295 g/mol. The van der Waals surface area contributed by atoms with Crippen molar-refractivity contribution in [1.29, 1.82) is 0 Å². The van der Waals surface area contributed by atoms with E-state index in [1.807, 2.05) is 17.0 Å². The van der Waals surface area contributed by atoms with Crippen molar-refractivity contribution in [2.24, 2.45) is 10.2 Å². The first kappa shape index (κ1) is 14.8. The largest absolute Gasteiger partial charge is 0.312 e. The zero-order valence-corrected chi connectivity index (χ0v) is 12.8. The van der Waals surface area contributed by atoms with Gasteiger partial charge in [-0.1, -0.05) is 18.2 Å². The van der Waals surface area contributed by atoms with Gasteiger partial charge in [-0.3, -0.25) is 4.79 Å². The molecule has 1 aromatic rings. The lowest BCUT2D eigenvalue weighted by Gasteiger charge is -2.23.